The van der Waals surface area contributed by atoms with Crippen molar-refractivity contribution in [1.82, 2.24) is 14.7 Å². The van der Waals surface area contributed by atoms with Crippen molar-refractivity contribution >= 4 is 5.91 Å². The third kappa shape index (κ3) is 2.52. The van der Waals surface area contributed by atoms with Crippen molar-refractivity contribution in [3.63, 3.8) is 0 Å². The van der Waals surface area contributed by atoms with Gasteiger partial charge in [-0.25, -0.2) is 0 Å². The lowest BCUT2D eigenvalue weighted by atomic mass is 10.0. The number of rotatable bonds is 4. The maximum Gasteiger partial charge on any atom is 0.272 e. The molecule has 5 nitrogen and oxygen atoms in total. The van der Waals surface area contributed by atoms with Gasteiger partial charge in [-0.2, -0.15) is 5.10 Å². The first-order chi connectivity index (χ1) is 9.12. The molecule has 1 aliphatic heterocycles. The van der Waals surface area contributed by atoms with Crippen molar-refractivity contribution in [3.05, 3.63) is 17.5 Å². The summed E-state index contributed by atoms with van der Waals surface area (Å²) >= 11 is 0. The Morgan fingerprint density at radius 1 is 1.53 bits per heavy atom. The quantitative estimate of drug-likeness (QED) is 0.893. The summed E-state index contributed by atoms with van der Waals surface area (Å²) in [6, 6.07) is 1.82. The average Bonchev–Trinajstić information content (AvgIpc) is 3.00. The minimum atomic E-state index is -0.0576. The molecule has 0 radical (unpaired) electrons. The van der Waals surface area contributed by atoms with Gasteiger partial charge in [-0.05, 0) is 31.7 Å². The van der Waals surface area contributed by atoms with E-state index in [1.807, 2.05) is 19.9 Å². The van der Waals surface area contributed by atoms with Crippen LogP contribution in [-0.4, -0.2) is 44.9 Å². The molecule has 0 aliphatic carbocycles. The fourth-order valence-electron chi connectivity index (χ4n) is 2.74. The molecule has 1 fully saturated rings. The van der Waals surface area contributed by atoms with E-state index in [1.165, 1.54) is 0 Å². The number of hydrogen-bond acceptors (Lipinski definition) is 3. The molecule has 106 valence electrons. The topological polar surface area (TPSA) is 58.4 Å². The normalized spacial score (nSPS) is 23.1. The number of carbonyl (C=O) groups excluding carboxylic acids is 1. The van der Waals surface area contributed by atoms with Crippen LogP contribution in [-0.2, 0) is 13.0 Å². The van der Waals surface area contributed by atoms with Crippen molar-refractivity contribution in [2.45, 2.75) is 46.2 Å². The van der Waals surface area contributed by atoms with Crippen molar-refractivity contribution in [3.8, 4) is 0 Å². The molecule has 0 bridgehead atoms. The molecule has 1 aromatic heterocycles. The van der Waals surface area contributed by atoms with Gasteiger partial charge in [-0.15, -0.1) is 0 Å². The third-order valence-corrected chi connectivity index (χ3v) is 4.04. The monoisotopic (exact) mass is 265 g/mol. The molecule has 1 amide bonds. The number of aliphatic hydroxyl groups is 1. The van der Waals surface area contributed by atoms with Crippen molar-refractivity contribution < 1.29 is 9.90 Å². The van der Waals surface area contributed by atoms with E-state index >= 15 is 0 Å². The highest BCUT2D eigenvalue weighted by molar-refractivity contribution is 5.93. The molecule has 1 N–H and O–H groups in total. The van der Waals surface area contributed by atoms with Gasteiger partial charge in [-0.3, -0.25) is 9.48 Å². The molecule has 0 spiro atoms. The Hall–Kier alpha value is -1.36. The molecule has 2 heterocycles. The summed E-state index contributed by atoms with van der Waals surface area (Å²) in [5.41, 5.74) is 1.59. The number of aliphatic hydroxyl groups excluding tert-OH is 1. The van der Waals surface area contributed by atoms with Gasteiger partial charge in [0.05, 0.1) is 18.3 Å². The largest absolute Gasteiger partial charge is 0.394 e. The Bertz CT molecular complexity index is 456. The summed E-state index contributed by atoms with van der Waals surface area (Å²) in [5.74, 6) is 0.357. The lowest BCUT2D eigenvalue weighted by Gasteiger charge is -2.25. The Morgan fingerprint density at radius 3 is 2.84 bits per heavy atom. The minimum absolute atomic E-state index is 0.00236. The van der Waals surface area contributed by atoms with E-state index in [4.69, 9.17) is 0 Å². The number of nitrogens with zero attached hydrogens (tertiary/aromatic N) is 3. The number of hydrogen-bond donors (Lipinski definition) is 1. The standard InChI is InChI=1S/C14H23N3O2/c1-4-11-8-12(17(5-2)15-11)14(19)16-7-6-10(3)13(16)9-18/h8,10,13,18H,4-7,9H2,1-3H3. The van der Waals surface area contributed by atoms with E-state index in [2.05, 4.69) is 12.0 Å². The van der Waals surface area contributed by atoms with E-state index in [0.717, 1.165) is 25.1 Å². The van der Waals surface area contributed by atoms with Gasteiger partial charge in [0.1, 0.15) is 5.69 Å². The molecular weight excluding hydrogens is 242 g/mol. The Kier molecular flexibility index (Phi) is 4.24. The van der Waals surface area contributed by atoms with Crippen molar-refractivity contribution in [2.75, 3.05) is 13.2 Å². The lowest BCUT2D eigenvalue weighted by Crippen LogP contribution is -2.40. The summed E-state index contributed by atoms with van der Waals surface area (Å²) < 4.78 is 1.76. The lowest BCUT2D eigenvalue weighted by molar-refractivity contribution is 0.0636. The highest BCUT2D eigenvalue weighted by Gasteiger charge is 2.35. The Morgan fingerprint density at radius 2 is 2.26 bits per heavy atom. The zero-order chi connectivity index (χ0) is 14.0. The molecular formula is C14H23N3O2. The zero-order valence-corrected chi connectivity index (χ0v) is 12.0. The second-order valence-electron chi connectivity index (χ2n) is 5.20. The van der Waals surface area contributed by atoms with Crippen LogP contribution in [0.5, 0.6) is 0 Å². The van der Waals surface area contributed by atoms with Crippen LogP contribution in [0.3, 0.4) is 0 Å². The number of likely N-dealkylation sites (tertiary alicyclic amines) is 1. The van der Waals surface area contributed by atoms with Crippen molar-refractivity contribution in [1.29, 1.82) is 0 Å². The van der Waals surface area contributed by atoms with Gasteiger partial charge in [0.25, 0.3) is 5.91 Å². The van der Waals surface area contributed by atoms with Gasteiger partial charge in [0, 0.05) is 13.1 Å². The molecule has 2 rings (SSSR count). The molecule has 5 heteroatoms. The molecule has 1 saturated heterocycles. The van der Waals surface area contributed by atoms with Gasteiger partial charge in [0.15, 0.2) is 0 Å². The van der Waals surface area contributed by atoms with E-state index in [9.17, 15) is 9.90 Å². The molecule has 1 aliphatic rings. The van der Waals surface area contributed by atoms with Crippen LogP contribution in [0.15, 0.2) is 6.07 Å². The highest BCUT2D eigenvalue weighted by atomic mass is 16.3. The van der Waals surface area contributed by atoms with E-state index in [0.29, 0.717) is 18.2 Å². The average molecular weight is 265 g/mol. The fraction of sp³-hybridized carbons (Fsp3) is 0.714. The Balaban J connectivity index is 2.26. The molecule has 0 saturated carbocycles. The van der Waals surface area contributed by atoms with Gasteiger partial charge < -0.3 is 10.0 Å². The summed E-state index contributed by atoms with van der Waals surface area (Å²) in [6.45, 7) is 7.55. The first-order valence-corrected chi connectivity index (χ1v) is 7.10. The van der Waals surface area contributed by atoms with E-state index < -0.39 is 0 Å². The molecule has 0 aromatic carbocycles. The molecule has 19 heavy (non-hydrogen) atoms. The number of amides is 1. The van der Waals surface area contributed by atoms with Crippen LogP contribution in [0.1, 0.15) is 43.4 Å². The third-order valence-electron chi connectivity index (χ3n) is 4.04. The summed E-state index contributed by atoms with van der Waals surface area (Å²) in [5, 5.41) is 13.9. The Labute approximate surface area is 114 Å². The van der Waals surface area contributed by atoms with E-state index in [-0.39, 0.29) is 18.6 Å². The predicted molar refractivity (Wildman–Crippen MR) is 73.0 cm³/mol. The number of carbonyl (C=O) groups is 1. The summed E-state index contributed by atoms with van der Waals surface area (Å²) in [6.07, 6.45) is 1.78. The zero-order valence-electron chi connectivity index (χ0n) is 12.0. The van der Waals surface area contributed by atoms with Gasteiger partial charge in [0.2, 0.25) is 0 Å². The van der Waals surface area contributed by atoms with Crippen LogP contribution in [0, 0.1) is 5.92 Å². The number of aromatic nitrogens is 2. The number of aryl methyl sites for hydroxylation is 2. The smallest absolute Gasteiger partial charge is 0.272 e. The fourth-order valence-corrected chi connectivity index (χ4v) is 2.74. The predicted octanol–water partition coefficient (Wildman–Crippen LogP) is 1.31. The summed E-state index contributed by atoms with van der Waals surface area (Å²) in [7, 11) is 0. The maximum absolute atomic E-state index is 12.6. The van der Waals surface area contributed by atoms with Crippen LogP contribution in [0.2, 0.25) is 0 Å². The molecule has 2 atom stereocenters. The van der Waals surface area contributed by atoms with Crippen LogP contribution < -0.4 is 0 Å². The first kappa shape index (κ1) is 14.1. The van der Waals surface area contributed by atoms with Crippen LogP contribution >= 0.6 is 0 Å². The summed E-state index contributed by atoms with van der Waals surface area (Å²) in [4.78, 5) is 14.4. The highest BCUT2D eigenvalue weighted by Crippen LogP contribution is 2.25. The SMILES string of the molecule is CCc1cc(C(=O)N2CCC(C)C2CO)n(CC)n1. The molecule has 2 unspecified atom stereocenters. The molecule has 1 aromatic rings. The second kappa shape index (κ2) is 5.74. The van der Waals surface area contributed by atoms with Crippen LogP contribution in [0.4, 0.5) is 0 Å². The maximum atomic E-state index is 12.6. The van der Waals surface area contributed by atoms with Gasteiger partial charge in [-0.1, -0.05) is 13.8 Å². The van der Waals surface area contributed by atoms with Crippen molar-refractivity contribution in [2.24, 2.45) is 5.92 Å². The second-order valence-corrected chi connectivity index (χ2v) is 5.20. The van der Waals surface area contributed by atoms with E-state index in [1.54, 1.807) is 9.58 Å². The minimum Gasteiger partial charge on any atom is -0.394 e. The van der Waals surface area contributed by atoms with Crippen LogP contribution in [0.25, 0.3) is 0 Å². The first-order valence-electron chi connectivity index (χ1n) is 7.10. The van der Waals surface area contributed by atoms with Gasteiger partial charge >= 0.3 is 0 Å².